The minimum Gasteiger partial charge on any atom is -0.352 e. The van der Waals surface area contributed by atoms with Gasteiger partial charge in [-0.05, 0) is 41.5 Å². The van der Waals surface area contributed by atoms with Gasteiger partial charge in [0.2, 0.25) is 5.91 Å². The highest BCUT2D eigenvalue weighted by molar-refractivity contribution is 6.30. The molecular weight excluding hydrogens is 339 g/mol. The summed E-state index contributed by atoms with van der Waals surface area (Å²) in [5, 5.41) is 3.43. The number of carbonyl (C=O) groups excluding carboxylic acids is 1. The molecule has 0 radical (unpaired) electrons. The van der Waals surface area contributed by atoms with Gasteiger partial charge >= 0.3 is 0 Å². The Balaban J connectivity index is 1.58. The monoisotopic (exact) mass is 354 g/mol. The van der Waals surface area contributed by atoms with E-state index in [0.29, 0.717) is 11.6 Å². The van der Waals surface area contributed by atoms with E-state index in [9.17, 15) is 9.18 Å². The van der Waals surface area contributed by atoms with Crippen LogP contribution in [-0.2, 0) is 17.8 Å². The molecule has 3 aromatic rings. The third kappa shape index (κ3) is 4.88. The molecule has 1 aromatic heterocycles. The van der Waals surface area contributed by atoms with E-state index in [1.165, 1.54) is 12.1 Å². The van der Waals surface area contributed by atoms with Gasteiger partial charge in [-0.3, -0.25) is 9.78 Å². The van der Waals surface area contributed by atoms with E-state index in [-0.39, 0.29) is 18.1 Å². The normalized spacial score (nSPS) is 10.5. The van der Waals surface area contributed by atoms with Gasteiger partial charge in [0, 0.05) is 23.3 Å². The first-order valence-electron chi connectivity index (χ1n) is 7.82. The van der Waals surface area contributed by atoms with Crippen LogP contribution in [0.4, 0.5) is 4.39 Å². The van der Waals surface area contributed by atoms with Crippen LogP contribution in [-0.4, -0.2) is 10.9 Å². The molecule has 1 N–H and O–H groups in total. The van der Waals surface area contributed by atoms with E-state index in [2.05, 4.69) is 10.3 Å². The molecule has 5 heteroatoms. The molecular formula is C20H16ClFN2O. The Morgan fingerprint density at radius 1 is 1.04 bits per heavy atom. The number of aromatic nitrogens is 1. The minimum absolute atomic E-state index is 0.137. The van der Waals surface area contributed by atoms with Gasteiger partial charge in [0.05, 0.1) is 12.1 Å². The Bertz CT molecular complexity index is 881. The van der Waals surface area contributed by atoms with E-state index < -0.39 is 0 Å². The average molecular weight is 355 g/mol. The van der Waals surface area contributed by atoms with Crippen molar-refractivity contribution < 1.29 is 9.18 Å². The Labute approximate surface area is 150 Å². The van der Waals surface area contributed by atoms with Gasteiger partial charge in [-0.25, -0.2) is 4.39 Å². The summed E-state index contributed by atoms with van der Waals surface area (Å²) >= 11 is 5.99. The van der Waals surface area contributed by atoms with Crippen molar-refractivity contribution in [2.75, 3.05) is 0 Å². The van der Waals surface area contributed by atoms with Crippen LogP contribution in [0, 0.1) is 5.82 Å². The maximum Gasteiger partial charge on any atom is 0.224 e. The number of rotatable bonds is 5. The third-order valence-corrected chi connectivity index (χ3v) is 3.92. The largest absolute Gasteiger partial charge is 0.352 e. The number of pyridine rings is 1. The number of halogens is 2. The molecule has 2 aromatic carbocycles. The van der Waals surface area contributed by atoms with Crippen molar-refractivity contribution in [2.45, 2.75) is 13.0 Å². The van der Waals surface area contributed by atoms with Gasteiger partial charge in [0.15, 0.2) is 0 Å². The van der Waals surface area contributed by atoms with Crippen LogP contribution < -0.4 is 5.32 Å². The van der Waals surface area contributed by atoms with Gasteiger partial charge in [-0.1, -0.05) is 41.9 Å². The van der Waals surface area contributed by atoms with Crippen LogP contribution in [0.2, 0.25) is 5.02 Å². The summed E-state index contributed by atoms with van der Waals surface area (Å²) in [6.45, 7) is 0.296. The number of carbonyl (C=O) groups is 1. The van der Waals surface area contributed by atoms with Crippen LogP contribution in [0.15, 0.2) is 66.9 Å². The molecule has 3 rings (SSSR count). The molecule has 1 heterocycles. The summed E-state index contributed by atoms with van der Waals surface area (Å²) in [7, 11) is 0. The second-order valence-electron chi connectivity index (χ2n) is 5.65. The first-order valence-corrected chi connectivity index (χ1v) is 8.20. The van der Waals surface area contributed by atoms with Gasteiger partial charge in [-0.2, -0.15) is 0 Å². The summed E-state index contributed by atoms with van der Waals surface area (Å²) in [5.74, 6) is -0.450. The van der Waals surface area contributed by atoms with Crippen LogP contribution in [0.1, 0.15) is 11.1 Å². The van der Waals surface area contributed by atoms with Crippen LogP contribution in [0.3, 0.4) is 0 Å². The lowest BCUT2D eigenvalue weighted by atomic mass is 10.1. The lowest BCUT2D eigenvalue weighted by molar-refractivity contribution is -0.120. The molecule has 3 nitrogen and oxygen atoms in total. The highest BCUT2D eigenvalue weighted by Crippen LogP contribution is 2.20. The van der Waals surface area contributed by atoms with Crippen LogP contribution >= 0.6 is 11.6 Å². The smallest absolute Gasteiger partial charge is 0.224 e. The fourth-order valence-electron chi connectivity index (χ4n) is 2.44. The van der Waals surface area contributed by atoms with Crippen molar-refractivity contribution in [3.63, 3.8) is 0 Å². The molecule has 25 heavy (non-hydrogen) atoms. The second-order valence-corrected chi connectivity index (χ2v) is 6.08. The number of benzene rings is 2. The third-order valence-electron chi connectivity index (χ3n) is 3.69. The fourth-order valence-corrected chi connectivity index (χ4v) is 2.63. The van der Waals surface area contributed by atoms with Gasteiger partial charge in [-0.15, -0.1) is 0 Å². The summed E-state index contributed by atoms with van der Waals surface area (Å²) in [4.78, 5) is 16.4. The Hall–Kier alpha value is -2.72. The fraction of sp³-hybridized carbons (Fsp3) is 0.100. The van der Waals surface area contributed by atoms with Gasteiger partial charge in [0.25, 0.3) is 0 Å². The first kappa shape index (κ1) is 17.1. The summed E-state index contributed by atoms with van der Waals surface area (Å²) in [6.07, 6.45) is 1.90. The molecule has 0 aliphatic heterocycles. The molecule has 0 unspecified atom stereocenters. The predicted octanol–water partition coefficient (Wildman–Crippen LogP) is 4.40. The summed E-state index contributed by atoms with van der Waals surface area (Å²) < 4.78 is 13.1. The Morgan fingerprint density at radius 2 is 1.88 bits per heavy atom. The number of nitrogens with one attached hydrogen (secondary N) is 1. The minimum atomic E-state index is -0.312. The molecule has 0 aliphatic rings. The number of amides is 1. The SMILES string of the molecule is O=C(Cc1ccc(-c2cccc(Cl)c2)nc1)NCc1cccc(F)c1. The Kier molecular flexibility index (Phi) is 5.41. The number of nitrogens with zero attached hydrogens (tertiary/aromatic N) is 1. The van der Waals surface area contributed by atoms with Crippen molar-refractivity contribution in [2.24, 2.45) is 0 Å². The van der Waals surface area contributed by atoms with Crippen molar-refractivity contribution in [1.29, 1.82) is 0 Å². The lowest BCUT2D eigenvalue weighted by Crippen LogP contribution is -2.24. The van der Waals surface area contributed by atoms with Crippen LogP contribution in [0.5, 0.6) is 0 Å². The van der Waals surface area contributed by atoms with Gasteiger partial charge < -0.3 is 5.32 Å². The van der Waals surface area contributed by atoms with E-state index in [1.54, 1.807) is 18.3 Å². The highest BCUT2D eigenvalue weighted by atomic mass is 35.5. The molecule has 0 aliphatic carbocycles. The lowest BCUT2D eigenvalue weighted by Gasteiger charge is -2.07. The quantitative estimate of drug-likeness (QED) is 0.737. The molecule has 0 fully saturated rings. The zero-order chi connectivity index (χ0) is 17.6. The zero-order valence-electron chi connectivity index (χ0n) is 13.4. The van der Waals surface area contributed by atoms with E-state index in [4.69, 9.17) is 11.6 Å². The Morgan fingerprint density at radius 3 is 2.60 bits per heavy atom. The molecule has 1 amide bonds. The van der Waals surface area contributed by atoms with Crippen molar-refractivity contribution in [3.05, 3.63) is 88.8 Å². The van der Waals surface area contributed by atoms with E-state index in [1.807, 2.05) is 36.4 Å². The molecule has 0 atom stereocenters. The van der Waals surface area contributed by atoms with Gasteiger partial charge in [0.1, 0.15) is 5.82 Å². The average Bonchev–Trinajstić information content (AvgIpc) is 2.61. The maximum absolute atomic E-state index is 13.1. The summed E-state index contributed by atoms with van der Waals surface area (Å²) in [5.41, 5.74) is 3.26. The molecule has 0 spiro atoms. The molecule has 0 bridgehead atoms. The highest BCUT2D eigenvalue weighted by Gasteiger charge is 2.06. The van der Waals surface area contributed by atoms with E-state index in [0.717, 1.165) is 22.4 Å². The van der Waals surface area contributed by atoms with Crippen molar-refractivity contribution in [1.82, 2.24) is 10.3 Å². The molecule has 126 valence electrons. The topological polar surface area (TPSA) is 42.0 Å². The van der Waals surface area contributed by atoms with Crippen molar-refractivity contribution >= 4 is 17.5 Å². The second kappa shape index (κ2) is 7.90. The number of hydrogen-bond donors (Lipinski definition) is 1. The summed E-state index contributed by atoms with van der Waals surface area (Å²) in [6, 6.07) is 17.3. The zero-order valence-corrected chi connectivity index (χ0v) is 14.1. The van der Waals surface area contributed by atoms with Crippen LogP contribution in [0.25, 0.3) is 11.3 Å². The standard InChI is InChI=1S/C20H16ClFN2O/c21-17-5-2-4-16(11-17)19-8-7-15(12-23-19)10-20(25)24-13-14-3-1-6-18(22)9-14/h1-9,11-12H,10,13H2,(H,24,25). The van der Waals surface area contributed by atoms with Crippen molar-refractivity contribution in [3.8, 4) is 11.3 Å². The van der Waals surface area contributed by atoms with E-state index >= 15 is 0 Å². The number of hydrogen-bond acceptors (Lipinski definition) is 2. The first-order chi connectivity index (χ1) is 12.1. The molecule has 0 saturated carbocycles. The maximum atomic E-state index is 13.1. The predicted molar refractivity (Wildman–Crippen MR) is 96.6 cm³/mol. The molecule has 0 saturated heterocycles.